The number of alkyl halides is 5. The van der Waals surface area contributed by atoms with E-state index in [0.717, 1.165) is 6.20 Å². The molecule has 1 aliphatic heterocycles. The number of hydrogen-bond donors (Lipinski definition) is 2. The van der Waals surface area contributed by atoms with Gasteiger partial charge in [-0.3, -0.25) is 14.3 Å². The third-order valence-corrected chi connectivity index (χ3v) is 9.24. The van der Waals surface area contributed by atoms with Crippen LogP contribution in [0.5, 0.6) is 0 Å². The zero-order valence-electron chi connectivity index (χ0n) is 28.2. The van der Waals surface area contributed by atoms with Gasteiger partial charge in [0.15, 0.2) is 11.5 Å². The van der Waals surface area contributed by atoms with Crippen LogP contribution in [0.4, 0.5) is 33.6 Å². The number of amides is 1. The van der Waals surface area contributed by atoms with E-state index in [2.05, 4.69) is 30.4 Å². The molecule has 1 aliphatic carbocycles. The lowest BCUT2D eigenvalue weighted by Crippen LogP contribution is -2.38. The molecule has 0 spiro atoms. The molecule has 1 amide bonds. The lowest BCUT2D eigenvalue weighted by molar-refractivity contribution is -0.284. The summed E-state index contributed by atoms with van der Waals surface area (Å²) in [5, 5.41) is 8.67. The number of nitrogens with zero attached hydrogens (tertiary/aromatic N) is 7. The van der Waals surface area contributed by atoms with E-state index in [9.17, 15) is 31.5 Å². The second-order valence-electron chi connectivity index (χ2n) is 12.1. The van der Waals surface area contributed by atoms with Crippen molar-refractivity contribution in [2.45, 2.75) is 70.4 Å². The van der Waals surface area contributed by atoms with Gasteiger partial charge >= 0.3 is 18.1 Å². The van der Waals surface area contributed by atoms with Gasteiger partial charge in [-0.2, -0.15) is 27.1 Å². The van der Waals surface area contributed by atoms with Crippen molar-refractivity contribution in [2.75, 3.05) is 17.7 Å². The number of hydrogen-bond acceptors (Lipinski definition) is 11. The first kappa shape index (κ1) is 28.8. The normalized spacial score (nSPS) is 19.7. The van der Waals surface area contributed by atoms with Crippen molar-refractivity contribution >= 4 is 45.9 Å². The second-order valence-corrected chi connectivity index (χ2v) is 13.0. The van der Waals surface area contributed by atoms with Gasteiger partial charge in [0.05, 0.1) is 34.9 Å². The fraction of sp³-hybridized carbons (Fsp3) is 0.517. The molecule has 3 N–H and O–H groups in total. The first-order valence-electron chi connectivity index (χ1n) is 16.0. The summed E-state index contributed by atoms with van der Waals surface area (Å²) in [5.41, 5.74) is 4.42. The van der Waals surface area contributed by atoms with Crippen LogP contribution in [0.25, 0.3) is 22.6 Å². The number of aromatic nitrogens is 7. The van der Waals surface area contributed by atoms with Crippen LogP contribution in [0.1, 0.15) is 66.2 Å². The number of aryl methyl sites for hydroxylation is 2. The molecule has 0 bridgehead atoms. The van der Waals surface area contributed by atoms with Crippen LogP contribution in [-0.4, -0.2) is 65.3 Å². The fourth-order valence-electron chi connectivity index (χ4n) is 5.73. The van der Waals surface area contributed by atoms with Crippen LogP contribution < -0.4 is 11.1 Å². The molecule has 2 aliphatic rings. The number of esters is 1. The molecule has 4 aromatic rings. The number of carbonyl (C=O) groups excluding carboxylic acids is 2. The van der Waals surface area contributed by atoms with E-state index < -0.39 is 60.4 Å². The Balaban J connectivity index is 1.44. The Bertz CT molecular complexity index is 2010. The number of halogens is 5. The summed E-state index contributed by atoms with van der Waals surface area (Å²) in [7, 11) is 0. The van der Waals surface area contributed by atoms with Crippen molar-refractivity contribution in [3.63, 3.8) is 0 Å². The van der Waals surface area contributed by atoms with Crippen molar-refractivity contribution in [3.05, 3.63) is 33.7 Å². The van der Waals surface area contributed by atoms with Crippen molar-refractivity contribution in [1.82, 2.24) is 34.7 Å². The van der Waals surface area contributed by atoms with Crippen LogP contribution in [0.3, 0.4) is 0 Å². The summed E-state index contributed by atoms with van der Waals surface area (Å²) in [6, 6.07) is 0. The van der Waals surface area contributed by atoms with Crippen molar-refractivity contribution in [3.8, 4) is 11.5 Å². The summed E-state index contributed by atoms with van der Waals surface area (Å²) in [5.74, 6) is -7.19. The van der Waals surface area contributed by atoms with Crippen LogP contribution in [0.15, 0.2) is 11.6 Å². The lowest BCUT2D eigenvalue weighted by Gasteiger charge is -2.25. The molecule has 0 aromatic carbocycles. The Kier molecular flexibility index (Phi) is 6.83. The van der Waals surface area contributed by atoms with Crippen molar-refractivity contribution in [1.29, 1.82) is 0 Å². The minimum atomic E-state index is -5.83. The van der Waals surface area contributed by atoms with Crippen LogP contribution in [0, 0.1) is 11.3 Å². The molecule has 250 valence electrons. The molecular weight excluding hydrogens is 649 g/mol. The maximum Gasteiger partial charge on any atom is 0.453 e. The third-order valence-electron chi connectivity index (χ3n) is 8.22. The fourth-order valence-corrected chi connectivity index (χ4v) is 6.84. The molecule has 6 rings (SSSR count). The molecule has 18 heteroatoms. The van der Waals surface area contributed by atoms with Crippen molar-refractivity contribution < 1.29 is 40.4 Å². The van der Waals surface area contributed by atoms with Crippen LogP contribution >= 0.6 is 11.3 Å². The average Bonchev–Trinajstić information content (AvgIpc) is 3.45. The van der Waals surface area contributed by atoms with Crippen LogP contribution in [0.2, 0.25) is 0 Å². The maximum atomic E-state index is 14.0. The zero-order valence-corrected chi connectivity index (χ0v) is 26.0. The van der Waals surface area contributed by atoms with E-state index in [1.54, 1.807) is 26.2 Å². The van der Waals surface area contributed by atoms with Gasteiger partial charge in [0.1, 0.15) is 33.6 Å². The number of thiazole rings is 1. The molecule has 1 saturated carbocycles. The van der Waals surface area contributed by atoms with Gasteiger partial charge in [-0.15, -0.1) is 11.3 Å². The van der Waals surface area contributed by atoms with E-state index in [1.165, 1.54) is 11.3 Å². The lowest BCUT2D eigenvalue weighted by atomic mass is 9.78. The maximum absolute atomic E-state index is 14.0. The standard InChI is InChI=1S/C29H30F5N9O3S/c1-5-46-25(45)26(2,3)10-14-12-47-24(37-14)28(13-6-7-13)17-19(35)40-21(41-20(17)42-23(28)44)18-15-11-36-43(4)22(15)39-16(38-18)8-9-27(30,31)29(32,33)34/h11-13H,5-10H2,1-4H3,(H3,35,40,41,42,44)/i4D3. The van der Waals surface area contributed by atoms with Gasteiger partial charge in [0.2, 0.25) is 5.91 Å². The second kappa shape index (κ2) is 11.1. The van der Waals surface area contributed by atoms with Gasteiger partial charge in [-0.1, -0.05) is 0 Å². The van der Waals surface area contributed by atoms with Crippen LogP contribution in [-0.2, 0) is 39.6 Å². The number of rotatable bonds is 10. The van der Waals surface area contributed by atoms with E-state index in [4.69, 9.17) is 19.6 Å². The summed E-state index contributed by atoms with van der Waals surface area (Å²) in [4.78, 5) is 48.3. The number of anilines is 2. The van der Waals surface area contributed by atoms with Gasteiger partial charge in [0.25, 0.3) is 0 Å². The smallest absolute Gasteiger partial charge is 0.453 e. The van der Waals surface area contributed by atoms with E-state index in [1.807, 2.05) is 0 Å². The van der Waals surface area contributed by atoms with E-state index >= 15 is 0 Å². The summed E-state index contributed by atoms with van der Waals surface area (Å²) >= 11 is 1.21. The number of fused-ring (bicyclic) bond motifs is 2. The third kappa shape index (κ3) is 5.45. The molecule has 0 saturated heterocycles. The number of ether oxygens (including phenoxy) is 1. The highest BCUT2D eigenvalue weighted by atomic mass is 32.1. The molecule has 1 fully saturated rings. The summed E-state index contributed by atoms with van der Waals surface area (Å²) in [6.07, 6.45) is -5.94. The predicted molar refractivity (Wildman–Crippen MR) is 159 cm³/mol. The number of nitrogen functional groups attached to an aromatic ring is 1. The van der Waals surface area contributed by atoms with Gasteiger partial charge < -0.3 is 15.8 Å². The first-order valence-corrected chi connectivity index (χ1v) is 15.4. The summed E-state index contributed by atoms with van der Waals surface area (Å²) < 4.78 is 95.5. The minimum absolute atomic E-state index is 0.00636. The minimum Gasteiger partial charge on any atom is -0.466 e. The van der Waals surface area contributed by atoms with Crippen molar-refractivity contribution in [2.24, 2.45) is 18.3 Å². The van der Waals surface area contributed by atoms with Gasteiger partial charge in [0, 0.05) is 35.7 Å². The average molecular weight is 683 g/mol. The number of nitrogens with one attached hydrogen (secondary N) is 1. The molecule has 1 atom stereocenters. The molecule has 4 aromatic heterocycles. The summed E-state index contributed by atoms with van der Waals surface area (Å²) in [6.45, 7) is 2.47. The SMILES string of the molecule is [2H]C([2H])([2H])n1ncc2c(-c3nc(N)c4c(n3)NC(=O)C4(c3nc(CC(C)(C)C(=O)OCC)cs3)C3CC3)nc(CCC(F)(F)C(F)(F)F)nc21. The largest absolute Gasteiger partial charge is 0.466 e. The number of nitrogens with two attached hydrogens (primary N) is 1. The zero-order chi connectivity index (χ0) is 36.6. The van der Waals surface area contributed by atoms with Gasteiger partial charge in [-0.05, 0) is 39.5 Å². The quantitative estimate of drug-likeness (QED) is 0.176. The molecular formula is C29H30F5N9O3S. The highest BCUT2D eigenvalue weighted by Gasteiger charge is 2.61. The van der Waals surface area contributed by atoms with Gasteiger partial charge in [-0.25, -0.2) is 24.9 Å². The Morgan fingerprint density at radius 1 is 1.19 bits per heavy atom. The Labute approximate surface area is 272 Å². The molecule has 1 unspecified atom stereocenters. The predicted octanol–water partition coefficient (Wildman–Crippen LogP) is 4.77. The molecule has 5 heterocycles. The van der Waals surface area contributed by atoms with E-state index in [0.29, 0.717) is 28.2 Å². The Morgan fingerprint density at radius 2 is 1.94 bits per heavy atom. The topological polar surface area (TPSA) is 164 Å². The molecule has 0 radical (unpaired) electrons. The Morgan fingerprint density at radius 3 is 2.60 bits per heavy atom. The highest BCUT2D eigenvalue weighted by molar-refractivity contribution is 7.10. The number of carbonyl (C=O) groups is 2. The van der Waals surface area contributed by atoms with E-state index in [-0.39, 0.29) is 58.7 Å². The molecule has 47 heavy (non-hydrogen) atoms. The molecule has 12 nitrogen and oxygen atoms in total. The first-order chi connectivity index (χ1) is 23.2. The Hall–Kier alpha value is -4.35. The highest BCUT2D eigenvalue weighted by Crippen LogP contribution is 2.58. The monoisotopic (exact) mass is 682 g/mol.